The molecule has 1 atom stereocenters. The van der Waals surface area contributed by atoms with Gasteiger partial charge in [-0.3, -0.25) is 9.69 Å². The average Bonchev–Trinajstić information content (AvgIpc) is 2.58. The molecule has 0 aliphatic heterocycles. The number of nitrogens with zero attached hydrogens (tertiary/aromatic N) is 1. The van der Waals surface area contributed by atoms with Gasteiger partial charge in [-0.2, -0.15) is 0 Å². The number of para-hydroxylation sites is 1. The maximum Gasteiger partial charge on any atom is 0.328 e. The molecule has 7 nitrogen and oxygen atoms in total. The van der Waals surface area contributed by atoms with E-state index in [0.29, 0.717) is 5.69 Å². The van der Waals surface area contributed by atoms with E-state index >= 15 is 0 Å². The zero-order chi connectivity index (χ0) is 17.9. The van der Waals surface area contributed by atoms with Gasteiger partial charge in [-0.1, -0.05) is 18.2 Å². The molecule has 0 saturated heterocycles. The molecule has 24 heavy (non-hydrogen) atoms. The lowest BCUT2D eigenvalue weighted by Crippen LogP contribution is -2.47. The van der Waals surface area contributed by atoms with Crippen molar-refractivity contribution in [3.05, 3.63) is 30.3 Å². The molecule has 1 aromatic rings. The first-order valence-corrected chi connectivity index (χ1v) is 7.91. The molecule has 0 radical (unpaired) electrons. The summed E-state index contributed by atoms with van der Waals surface area (Å²) in [5.74, 6) is -0.992. The van der Waals surface area contributed by atoms with Crippen LogP contribution in [0.4, 0.5) is 10.5 Å². The predicted octanol–water partition coefficient (Wildman–Crippen LogP) is 2.11. The molecule has 0 heterocycles. The van der Waals surface area contributed by atoms with Crippen LogP contribution in [0, 0.1) is 0 Å². The summed E-state index contributed by atoms with van der Waals surface area (Å²) in [5, 5.41) is 2.60. The van der Waals surface area contributed by atoms with Gasteiger partial charge in [0.15, 0.2) is 0 Å². The van der Waals surface area contributed by atoms with E-state index in [4.69, 9.17) is 9.47 Å². The summed E-state index contributed by atoms with van der Waals surface area (Å²) >= 11 is 0. The Labute approximate surface area is 141 Å². The quantitative estimate of drug-likeness (QED) is 0.735. The van der Waals surface area contributed by atoms with E-state index in [-0.39, 0.29) is 26.1 Å². The third-order valence-electron chi connectivity index (χ3n) is 3.26. The highest BCUT2D eigenvalue weighted by Crippen LogP contribution is 2.12. The maximum absolute atomic E-state index is 12.3. The van der Waals surface area contributed by atoms with E-state index in [1.54, 1.807) is 33.0 Å². The fourth-order valence-corrected chi connectivity index (χ4v) is 2.00. The van der Waals surface area contributed by atoms with Gasteiger partial charge in [0.25, 0.3) is 0 Å². The zero-order valence-electron chi connectivity index (χ0n) is 14.3. The third-order valence-corrected chi connectivity index (χ3v) is 3.26. The molecule has 1 unspecified atom stereocenters. The Balaban J connectivity index is 2.70. The van der Waals surface area contributed by atoms with Crippen LogP contribution in [0.5, 0.6) is 0 Å². The Morgan fingerprint density at radius 1 is 1.08 bits per heavy atom. The summed E-state index contributed by atoms with van der Waals surface area (Å²) in [6.07, 6.45) is 0.138. The number of carbonyl (C=O) groups excluding carboxylic acids is 3. The van der Waals surface area contributed by atoms with E-state index in [1.165, 1.54) is 4.90 Å². The van der Waals surface area contributed by atoms with Gasteiger partial charge in [0.05, 0.1) is 13.2 Å². The number of ether oxygens (including phenoxy) is 2. The molecule has 0 aromatic heterocycles. The molecule has 0 bridgehead atoms. The van der Waals surface area contributed by atoms with Crippen LogP contribution < -0.4 is 10.2 Å². The molecule has 0 saturated carbocycles. The van der Waals surface area contributed by atoms with Crippen molar-refractivity contribution in [1.82, 2.24) is 5.32 Å². The van der Waals surface area contributed by atoms with Gasteiger partial charge in [0.1, 0.15) is 6.04 Å². The molecule has 1 N–H and O–H groups in total. The fourth-order valence-electron chi connectivity index (χ4n) is 2.00. The highest BCUT2D eigenvalue weighted by Gasteiger charge is 2.25. The summed E-state index contributed by atoms with van der Waals surface area (Å²) in [6.45, 7) is 3.85. The lowest BCUT2D eigenvalue weighted by molar-refractivity contribution is -0.146. The zero-order valence-corrected chi connectivity index (χ0v) is 14.3. The monoisotopic (exact) mass is 336 g/mol. The lowest BCUT2D eigenvalue weighted by atomic mass is 10.1. The molecule has 1 rings (SSSR count). The number of anilines is 1. The Morgan fingerprint density at radius 2 is 1.71 bits per heavy atom. The van der Waals surface area contributed by atoms with Crippen LogP contribution in [0.15, 0.2) is 30.3 Å². The number of urea groups is 1. The molecule has 0 fully saturated rings. The van der Waals surface area contributed by atoms with Gasteiger partial charge in [0.2, 0.25) is 0 Å². The molecule has 0 spiro atoms. The van der Waals surface area contributed by atoms with Crippen molar-refractivity contribution in [3.8, 4) is 0 Å². The average molecular weight is 336 g/mol. The van der Waals surface area contributed by atoms with Crippen LogP contribution in [-0.2, 0) is 19.1 Å². The lowest BCUT2D eigenvalue weighted by Gasteiger charge is -2.22. The first kappa shape index (κ1) is 19.5. The minimum Gasteiger partial charge on any atom is -0.466 e. The Morgan fingerprint density at radius 3 is 2.29 bits per heavy atom. The van der Waals surface area contributed by atoms with Crippen LogP contribution >= 0.6 is 0 Å². The minimum atomic E-state index is -0.909. The smallest absolute Gasteiger partial charge is 0.328 e. The van der Waals surface area contributed by atoms with Crippen LogP contribution in [0.25, 0.3) is 0 Å². The van der Waals surface area contributed by atoms with E-state index in [1.807, 2.05) is 18.2 Å². The summed E-state index contributed by atoms with van der Waals surface area (Å²) in [5.41, 5.74) is 0.683. The summed E-state index contributed by atoms with van der Waals surface area (Å²) < 4.78 is 9.80. The largest absolute Gasteiger partial charge is 0.466 e. The van der Waals surface area contributed by atoms with E-state index in [0.717, 1.165) is 0 Å². The van der Waals surface area contributed by atoms with Crippen LogP contribution in [0.1, 0.15) is 26.7 Å². The van der Waals surface area contributed by atoms with E-state index < -0.39 is 24.0 Å². The fraction of sp³-hybridized carbons (Fsp3) is 0.471. The van der Waals surface area contributed by atoms with Gasteiger partial charge in [0, 0.05) is 19.2 Å². The number of hydrogen-bond acceptors (Lipinski definition) is 5. The molecule has 1 aromatic carbocycles. The number of esters is 2. The molecule has 0 aliphatic carbocycles. The van der Waals surface area contributed by atoms with Crippen LogP contribution in [-0.4, -0.2) is 44.3 Å². The van der Waals surface area contributed by atoms with Crippen LogP contribution in [0.2, 0.25) is 0 Å². The first-order valence-electron chi connectivity index (χ1n) is 7.91. The van der Waals surface area contributed by atoms with Gasteiger partial charge >= 0.3 is 18.0 Å². The van der Waals surface area contributed by atoms with Crippen molar-refractivity contribution in [1.29, 1.82) is 0 Å². The topological polar surface area (TPSA) is 84.9 Å². The summed E-state index contributed by atoms with van der Waals surface area (Å²) in [7, 11) is 1.60. The van der Waals surface area contributed by atoms with Crippen molar-refractivity contribution in [3.63, 3.8) is 0 Å². The number of carbonyl (C=O) groups is 3. The third kappa shape index (κ3) is 6.28. The minimum absolute atomic E-state index is 0.0205. The summed E-state index contributed by atoms with van der Waals surface area (Å²) in [4.78, 5) is 37.2. The molecular weight excluding hydrogens is 312 g/mol. The maximum atomic E-state index is 12.3. The van der Waals surface area contributed by atoms with E-state index in [2.05, 4.69) is 5.32 Å². The van der Waals surface area contributed by atoms with Gasteiger partial charge in [-0.15, -0.1) is 0 Å². The highest BCUT2D eigenvalue weighted by atomic mass is 16.5. The molecular formula is C17H24N2O5. The molecule has 132 valence electrons. The second kappa shape index (κ2) is 10.3. The number of hydrogen-bond donors (Lipinski definition) is 1. The number of rotatable bonds is 8. The van der Waals surface area contributed by atoms with Crippen molar-refractivity contribution >= 4 is 23.7 Å². The van der Waals surface area contributed by atoms with Crippen molar-refractivity contribution < 1.29 is 23.9 Å². The normalized spacial score (nSPS) is 11.3. The predicted molar refractivity (Wildman–Crippen MR) is 89.7 cm³/mol. The van der Waals surface area contributed by atoms with E-state index in [9.17, 15) is 14.4 Å². The number of benzene rings is 1. The Kier molecular flexibility index (Phi) is 8.32. The van der Waals surface area contributed by atoms with Crippen molar-refractivity contribution in [2.24, 2.45) is 0 Å². The second-order valence-electron chi connectivity index (χ2n) is 4.99. The van der Waals surface area contributed by atoms with Crippen molar-refractivity contribution in [2.75, 3.05) is 25.2 Å². The Hall–Kier alpha value is -2.57. The first-order chi connectivity index (χ1) is 11.5. The van der Waals surface area contributed by atoms with Crippen molar-refractivity contribution in [2.45, 2.75) is 32.7 Å². The molecule has 7 heteroatoms. The Bertz CT molecular complexity index is 547. The van der Waals surface area contributed by atoms with Gasteiger partial charge in [-0.05, 0) is 32.4 Å². The molecule has 0 aliphatic rings. The SMILES string of the molecule is CCOC(=O)CCC(NC(=O)N(C)c1ccccc1)C(=O)OCC. The van der Waals surface area contributed by atoms with Crippen LogP contribution in [0.3, 0.4) is 0 Å². The molecule has 2 amide bonds. The standard InChI is InChI=1S/C17H24N2O5/c1-4-23-15(20)12-11-14(16(21)24-5-2)18-17(22)19(3)13-9-7-6-8-10-13/h6-10,14H,4-5,11-12H2,1-3H3,(H,18,22). The number of nitrogens with one attached hydrogen (secondary N) is 1. The highest BCUT2D eigenvalue weighted by molar-refractivity contribution is 5.94. The van der Waals surface area contributed by atoms with Gasteiger partial charge < -0.3 is 14.8 Å². The number of amides is 2. The second-order valence-corrected chi connectivity index (χ2v) is 4.99. The van der Waals surface area contributed by atoms with Gasteiger partial charge in [-0.25, -0.2) is 9.59 Å². The summed E-state index contributed by atoms with van der Waals surface area (Å²) in [6, 6.07) is 7.65.